The summed E-state index contributed by atoms with van der Waals surface area (Å²) in [6.07, 6.45) is 24.5. The second-order valence-corrected chi connectivity index (χ2v) is 13.8. The Morgan fingerprint density at radius 2 is 0.957 bits per heavy atom. The first-order chi connectivity index (χ1) is 22.1. The molecule has 0 aliphatic rings. The van der Waals surface area contributed by atoms with Gasteiger partial charge in [-0.3, -0.25) is 14.2 Å². The molecule has 0 saturated carbocycles. The van der Waals surface area contributed by atoms with Crippen molar-refractivity contribution in [2.45, 2.75) is 180 Å². The van der Waals surface area contributed by atoms with E-state index in [2.05, 4.69) is 24.1 Å². The molecule has 1 unspecified atom stereocenters. The summed E-state index contributed by atoms with van der Waals surface area (Å²) in [5.74, 6) is -2.57. The van der Waals surface area contributed by atoms with Crippen LogP contribution >= 0.6 is 7.82 Å². The maximum absolute atomic E-state index is 12.5. The zero-order valence-corrected chi connectivity index (χ0v) is 32.9. The van der Waals surface area contributed by atoms with E-state index in [1.807, 2.05) is 0 Å². The number of hydrogen-bond donors (Lipinski definition) is 1. The fourth-order valence-electron chi connectivity index (χ4n) is 4.95. The summed E-state index contributed by atoms with van der Waals surface area (Å²) in [5.41, 5.74) is 3.23. The van der Waals surface area contributed by atoms with Crippen LogP contribution in [-0.4, -0.2) is 49.9 Å². The molecule has 0 aromatic carbocycles. The van der Waals surface area contributed by atoms with Gasteiger partial charge in [-0.25, -0.2) is 0 Å². The molecule has 272 valence electrons. The third-order valence-corrected chi connectivity index (χ3v) is 8.81. The summed E-state index contributed by atoms with van der Waals surface area (Å²) in [7, 11) is -4.93. The average molecular weight is 702 g/mol. The molecule has 0 aliphatic heterocycles. The number of carboxylic acids is 1. The maximum Gasteiger partial charge on any atom is 1.00 e. The Kier molecular flexibility index (Phi) is 35.1. The standard InChI is InChI=1S/C34H66NO10P.Na/c1-3-5-7-9-11-13-15-17-19-21-23-25-32(36)42-27-30(28-43-46(40,41)44-29-31(35)34(38)39)45-33(37)26-24-22-20-18-16-14-12-10-8-6-4-2;/h30-31H,3-29,35H2,1-2H3,(H,38,39)(H,40,41);/q;+1/p-1/t30-,31+;/m1./s1. The number of hydrogen-bond acceptors (Lipinski definition) is 10. The first kappa shape index (κ1) is 48.6. The summed E-state index contributed by atoms with van der Waals surface area (Å²) in [6.45, 7) is 2.67. The summed E-state index contributed by atoms with van der Waals surface area (Å²) < 4.78 is 32.1. The van der Waals surface area contributed by atoms with Crippen LogP contribution in [0.3, 0.4) is 0 Å². The number of phosphoric acid groups is 1. The maximum atomic E-state index is 12.5. The number of carbonyl (C=O) groups excluding carboxylic acids is 3. The van der Waals surface area contributed by atoms with Crippen molar-refractivity contribution in [3.63, 3.8) is 0 Å². The number of ether oxygens (including phenoxy) is 2. The molecule has 0 aliphatic carbocycles. The summed E-state index contributed by atoms with van der Waals surface area (Å²) in [4.78, 5) is 47.7. The quantitative estimate of drug-likeness (QED) is 0.0454. The predicted octanol–water partition coefficient (Wildman–Crippen LogP) is 2.71. The van der Waals surface area contributed by atoms with Gasteiger partial charge in [0, 0.05) is 12.8 Å². The molecule has 0 saturated heterocycles. The van der Waals surface area contributed by atoms with E-state index in [1.165, 1.54) is 89.9 Å². The number of carbonyl (C=O) groups is 3. The molecule has 47 heavy (non-hydrogen) atoms. The van der Waals surface area contributed by atoms with Gasteiger partial charge in [0.1, 0.15) is 25.2 Å². The third-order valence-electron chi connectivity index (χ3n) is 7.88. The predicted molar refractivity (Wildman–Crippen MR) is 174 cm³/mol. The number of rotatable bonds is 34. The summed E-state index contributed by atoms with van der Waals surface area (Å²) in [6, 6.07) is -1.42. The monoisotopic (exact) mass is 701 g/mol. The molecule has 13 heteroatoms. The first-order valence-electron chi connectivity index (χ1n) is 18.1. The van der Waals surface area contributed by atoms with Crippen LogP contribution in [0.4, 0.5) is 0 Å². The van der Waals surface area contributed by atoms with Gasteiger partial charge in [-0.15, -0.1) is 0 Å². The van der Waals surface area contributed by atoms with Crippen molar-refractivity contribution >= 4 is 25.7 Å². The molecule has 3 atom stereocenters. The zero-order chi connectivity index (χ0) is 34.3. The number of aliphatic carboxylic acids is 1. The normalized spacial score (nSPS) is 13.7. The van der Waals surface area contributed by atoms with E-state index < -0.39 is 51.1 Å². The Balaban J connectivity index is 0. The van der Waals surface area contributed by atoms with Crippen molar-refractivity contribution < 1.29 is 82.8 Å². The van der Waals surface area contributed by atoms with E-state index in [9.17, 15) is 28.9 Å². The van der Waals surface area contributed by atoms with Gasteiger partial charge in [0.2, 0.25) is 0 Å². The van der Waals surface area contributed by atoms with Gasteiger partial charge in [0.15, 0.2) is 6.10 Å². The molecule has 0 heterocycles. The zero-order valence-electron chi connectivity index (χ0n) is 30.0. The Bertz CT molecular complexity index is 820. The fraction of sp³-hybridized carbons (Fsp3) is 0.912. The van der Waals surface area contributed by atoms with Gasteiger partial charge < -0.3 is 39.0 Å². The Labute approximate surface area is 307 Å². The Morgan fingerprint density at radius 1 is 0.596 bits per heavy atom. The van der Waals surface area contributed by atoms with Crippen LogP contribution < -0.4 is 45.3 Å². The molecule has 3 N–H and O–H groups in total. The second kappa shape index (κ2) is 34.0. The van der Waals surface area contributed by atoms with E-state index in [0.717, 1.165) is 38.5 Å². The number of unbranched alkanes of at least 4 members (excludes halogenated alkanes) is 20. The molecule has 11 nitrogen and oxygen atoms in total. The molecular weight excluding hydrogens is 636 g/mol. The number of phosphoric ester groups is 1. The molecule has 0 radical (unpaired) electrons. The van der Waals surface area contributed by atoms with Crippen molar-refractivity contribution in [3.8, 4) is 0 Å². The Morgan fingerprint density at radius 3 is 1.36 bits per heavy atom. The molecule has 0 spiro atoms. The van der Waals surface area contributed by atoms with Crippen molar-refractivity contribution in [3.05, 3.63) is 0 Å². The van der Waals surface area contributed by atoms with Crippen LogP contribution in [0.25, 0.3) is 0 Å². The minimum atomic E-state index is -4.93. The minimum Gasteiger partial charge on any atom is -0.756 e. The number of esters is 2. The van der Waals surface area contributed by atoms with Crippen molar-refractivity contribution in [2.75, 3.05) is 19.8 Å². The minimum absolute atomic E-state index is 0. The van der Waals surface area contributed by atoms with Crippen LogP contribution in [0.1, 0.15) is 168 Å². The summed E-state index contributed by atoms with van der Waals surface area (Å²) >= 11 is 0. The SMILES string of the molecule is CCCCCCCCCCCCCC(=O)OC[C@H](COP(=O)([O-])OC[C@H]([NH3+])C(=O)[O-])OC(=O)CCCCCCCCCCCCC.[Na+]. The number of quaternary nitrogens is 1. The van der Waals surface area contributed by atoms with Crippen LogP contribution in [0, 0.1) is 0 Å². The smallest absolute Gasteiger partial charge is 0.756 e. The third kappa shape index (κ3) is 33.7. The first-order valence-corrected chi connectivity index (χ1v) is 19.6. The molecule has 0 amide bonds. The van der Waals surface area contributed by atoms with E-state index in [4.69, 9.17) is 14.0 Å². The largest absolute Gasteiger partial charge is 1.00 e. The van der Waals surface area contributed by atoms with Crippen molar-refractivity contribution in [1.82, 2.24) is 0 Å². The van der Waals surface area contributed by atoms with E-state index in [1.54, 1.807) is 0 Å². The van der Waals surface area contributed by atoms with Gasteiger partial charge in [-0.1, -0.05) is 142 Å². The second-order valence-electron chi connectivity index (χ2n) is 12.4. The van der Waals surface area contributed by atoms with Gasteiger partial charge in [0.25, 0.3) is 7.82 Å². The van der Waals surface area contributed by atoms with E-state index in [-0.39, 0.29) is 49.0 Å². The molecule has 0 bridgehead atoms. The van der Waals surface area contributed by atoms with Crippen LogP contribution in [-0.2, 0) is 37.5 Å². The molecule has 0 rings (SSSR count). The van der Waals surface area contributed by atoms with Crippen molar-refractivity contribution in [2.24, 2.45) is 0 Å². The van der Waals surface area contributed by atoms with Crippen LogP contribution in [0.15, 0.2) is 0 Å². The number of carboxylic acid groups (broad SMARTS) is 1. The molecule has 0 aromatic heterocycles. The van der Waals surface area contributed by atoms with E-state index >= 15 is 0 Å². The van der Waals surface area contributed by atoms with Gasteiger partial charge in [0.05, 0.1) is 6.61 Å². The van der Waals surface area contributed by atoms with Gasteiger partial charge in [-0.2, -0.15) is 0 Å². The van der Waals surface area contributed by atoms with Gasteiger partial charge in [-0.05, 0) is 12.8 Å². The Hall–Kier alpha value is -0.520. The molecule has 0 fully saturated rings. The van der Waals surface area contributed by atoms with Gasteiger partial charge >= 0.3 is 41.5 Å². The average Bonchev–Trinajstić information content (AvgIpc) is 3.02. The van der Waals surface area contributed by atoms with Crippen molar-refractivity contribution in [1.29, 1.82) is 0 Å². The summed E-state index contributed by atoms with van der Waals surface area (Å²) in [5, 5.41) is 10.8. The van der Waals surface area contributed by atoms with Crippen LogP contribution in [0.5, 0.6) is 0 Å². The molecular formula is C34H65NNaO10P. The molecule has 0 aromatic rings. The van der Waals surface area contributed by atoms with Crippen LogP contribution in [0.2, 0.25) is 0 Å². The fourth-order valence-corrected chi connectivity index (χ4v) is 5.73. The topological polar surface area (TPSA) is 179 Å². The van der Waals surface area contributed by atoms with E-state index in [0.29, 0.717) is 12.8 Å².